The molecule has 2 rings (SSSR count). The number of nitrogens with zero attached hydrogens (tertiary/aromatic N) is 1. The Hall–Kier alpha value is -0.900. The van der Waals surface area contributed by atoms with E-state index < -0.39 is 0 Å². The number of ether oxygens (including phenoxy) is 1. The van der Waals surface area contributed by atoms with Crippen LogP contribution in [0.2, 0.25) is 0 Å². The highest BCUT2D eigenvalue weighted by atomic mass is 16.5. The Kier molecular flexibility index (Phi) is 5.19. The first-order chi connectivity index (χ1) is 9.51. The highest BCUT2D eigenvalue weighted by Gasteiger charge is 2.27. The minimum atomic E-state index is 0.0775. The summed E-state index contributed by atoms with van der Waals surface area (Å²) >= 11 is 0. The van der Waals surface area contributed by atoms with Crippen molar-refractivity contribution in [3.05, 3.63) is 34.9 Å². The van der Waals surface area contributed by atoms with Gasteiger partial charge in [0.1, 0.15) is 0 Å². The molecule has 1 saturated heterocycles. The minimum absolute atomic E-state index is 0.0775. The van der Waals surface area contributed by atoms with Gasteiger partial charge in [0.25, 0.3) is 0 Å². The van der Waals surface area contributed by atoms with Gasteiger partial charge in [0, 0.05) is 25.2 Å². The molecule has 1 aliphatic heterocycles. The largest absolute Gasteiger partial charge is 0.376 e. The Balaban J connectivity index is 2.05. The summed E-state index contributed by atoms with van der Waals surface area (Å²) in [5.74, 6) is 0. The van der Waals surface area contributed by atoms with E-state index in [0.717, 1.165) is 26.1 Å². The third kappa shape index (κ3) is 3.60. The summed E-state index contributed by atoms with van der Waals surface area (Å²) in [5, 5.41) is 0. The Morgan fingerprint density at radius 2 is 2.10 bits per heavy atom. The second-order valence-electron chi connectivity index (χ2n) is 6.11. The second kappa shape index (κ2) is 6.70. The lowest BCUT2D eigenvalue weighted by Gasteiger charge is -2.39. The molecule has 0 aromatic heterocycles. The van der Waals surface area contributed by atoms with E-state index in [9.17, 15) is 0 Å². The first-order valence-corrected chi connectivity index (χ1v) is 7.69. The Bertz CT molecular complexity index is 447. The average Bonchev–Trinajstić information content (AvgIpc) is 2.42. The summed E-state index contributed by atoms with van der Waals surface area (Å²) in [4.78, 5) is 2.49. The van der Waals surface area contributed by atoms with E-state index in [0.29, 0.717) is 12.1 Å². The number of hydrogen-bond donors (Lipinski definition) is 1. The summed E-state index contributed by atoms with van der Waals surface area (Å²) in [6.07, 6.45) is 1.43. The van der Waals surface area contributed by atoms with Crippen LogP contribution in [0.1, 0.15) is 43.0 Å². The molecule has 0 saturated carbocycles. The molecule has 112 valence electrons. The smallest absolute Gasteiger partial charge is 0.0674 e. The van der Waals surface area contributed by atoms with Crippen LogP contribution in [0, 0.1) is 13.8 Å². The molecule has 3 atom stereocenters. The van der Waals surface area contributed by atoms with E-state index in [1.54, 1.807) is 0 Å². The average molecular weight is 276 g/mol. The zero-order valence-corrected chi connectivity index (χ0v) is 13.2. The van der Waals surface area contributed by atoms with Crippen molar-refractivity contribution in [2.75, 3.05) is 19.7 Å². The van der Waals surface area contributed by atoms with E-state index in [1.165, 1.54) is 16.7 Å². The van der Waals surface area contributed by atoms with E-state index in [1.807, 2.05) is 0 Å². The van der Waals surface area contributed by atoms with Gasteiger partial charge in [-0.25, -0.2) is 0 Å². The van der Waals surface area contributed by atoms with Gasteiger partial charge in [0.15, 0.2) is 0 Å². The summed E-state index contributed by atoms with van der Waals surface area (Å²) in [6.45, 7) is 11.4. The molecular weight excluding hydrogens is 248 g/mol. The molecule has 2 N–H and O–H groups in total. The molecule has 1 aliphatic rings. The Morgan fingerprint density at radius 3 is 2.75 bits per heavy atom. The number of nitrogens with two attached hydrogens (primary N) is 1. The molecule has 0 amide bonds. The van der Waals surface area contributed by atoms with E-state index in [4.69, 9.17) is 10.5 Å². The molecule has 0 bridgehead atoms. The highest BCUT2D eigenvalue weighted by Crippen LogP contribution is 2.20. The highest BCUT2D eigenvalue weighted by molar-refractivity contribution is 5.31. The summed E-state index contributed by atoms with van der Waals surface area (Å²) in [5.41, 5.74) is 10.3. The van der Waals surface area contributed by atoms with Crippen LogP contribution in [0.25, 0.3) is 0 Å². The van der Waals surface area contributed by atoms with Gasteiger partial charge in [-0.2, -0.15) is 0 Å². The SMILES string of the molecule is CCC1COC(C)CN1CC(N)c1ccc(C)c(C)c1. The van der Waals surface area contributed by atoms with Crippen molar-refractivity contribution in [3.8, 4) is 0 Å². The fraction of sp³-hybridized carbons (Fsp3) is 0.647. The van der Waals surface area contributed by atoms with Crippen molar-refractivity contribution in [2.45, 2.75) is 52.3 Å². The summed E-state index contributed by atoms with van der Waals surface area (Å²) < 4.78 is 5.75. The molecule has 3 unspecified atom stereocenters. The molecule has 1 heterocycles. The molecule has 3 nitrogen and oxygen atoms in total. The summed E-state index contributed by atoms with van der Waals surface area (Å²) in [7, 11) is 0. The zero-order valence-electron chi connectivity index (χ0n) is 13.2. The van der Waals surface area contributed by atoms with Crippen molar-refractivity contribution in [2.24, 2.45) is 5.73 Å². The number of aryl methyl sites for hydroxylation is 2. The molecule has 3 heteroatoms. The van der Waals surface area contributed by atoms with Gasteiger partial charge >= 0.3 is 0 Å². The predicted octanol–water partition coefficient (Wildman–Crippen LogP) is 2.80. The van der Waals surface area contributed by atoms with Crippen LogP contribution in [0.5, 0.6) is 0 Å². The van der Waals surface area contributed by atoms with Gasteiger partial charge in [0.2, 0.25) is 0 Å². The van der Waals surface area contributed by atoms with Crippen molar-refractivity contribution in [1.29, 1.82) is 0 Å². The van der Waals surface area contributed by atoms with Gasteiger partial charge < -0.3 is 10.5 Å². The van der Waals surface area contributed by atoms with E-state index in [2.05, 4.69) is 50.8 Å². The fourth-order valence-electron chi connectivity index (χ4n) is 2.87. The van der Waals surface area contributed by atoms with Crippen molar-refractivity contribution < 1.29 is 4.74 Å². The molecule has 0 aliphatic carbocycles. The van der Waals surface area contributed by atoms with Crippen LogP contribution in [-0.2, 0) is 4.74 Å². The van der Waals surface area contributed by atoms with Crippen molar-refractivity contribution in [1.82, 2.24) is 4.90 Å². The van der Waals surface area contributed by atoms with Crippen molar-refractivity contribution in [3.63, 3.8) is 0 Å². The van der Waals surface area contributed by atoms with Crippen LogP contribution >= 0.6 is 0 Å². The standard InChI is InChI=1S/C17H28N2O/c1-5-16-11-20-14(4)9-19(16)10-17(18)15-7-6-12(2)13(3)8-15/h6-8,14,16-17H,5,9-11,18H2,1-4H3. The Labute approximate surface area is 123 Å². The van der Waals surface area contributed by atoms with Crippen LogP contribution in [0.3, 0.4) is 0 Å². The molecule has 1 aromatic rings. The fourth-order valence-corrected chi connectivity index (χ4v) is 2.87. The second-order valence-corrected chi connectivity index (χ2v) is 6.11. The van der Waals surface area contributed by atoms with Crippen LogP contribution < -0.4 is 5.73 Å². The molecule has 1 aromatic carbocycles. The molecule has 0 spiro atoms. The van der Waals surface area contributed by atoms with Crippen LogP contribution in [0.4, 0.5) is 0 Å². The lowest BCUT2D eigenvalue weighted by Crippen LogP contribution is -2.50. The van der Waals surface area contributed by atoms with Gasteiger partial charge in [0.05, 0.1) is 12.7 Å². The lowest BCUT2D eigenvalue weighted by atomic mass is 10.00. The van der Waals surface area contributed by atoms with Gasteiger partial charge in [-0.05, 0) is 43.9 Å². The number of morpholine rings is 1. The predicted molar refractivity (Wildman–Crippen MR) is 83.9 cm³/mol. The van der Waals surface area contributed by atoms with E-state index >= 15 is 0 Å². The lowest BCUT2D eigenvalue weighted by molar-refractivity contribution is -0.0575. The third-order valence-corrected chi connectivity index (χ3v) is 4.44. The number of rotatable bonds is 4. The van der Waals surface area contributed by atoms with Gasteiger partial charge in [-0.15, -0.1) is 0 Å². The summed E-state index contributed by atoms with van der Waals surface area (Å²) in [6, 6.07) is 7.14. The van der Waals surface area contributed by atoms with Gasteiger partial charge in [-0.3, -0.25) is 4.90 Å². The quantitative estimate of drug-likeness (QED) is 0.919. The molecular formula is C17H28N2O. The van der Waals surface area contributed by atoms with E-state index in [-0.39, 0.29) is 6.04 Å². The first kappa shape index (κ1) is 15.5. The zero-order chi connectivity index (χ0) is 14.7. The molecule has 20 heavy (non-hydrogen) atoms. The Morgan fingerprint density at radius 1 is 1.35 bits per heavy atom. The first-order valence-electron chi connectivity index (χ1n) is 7.69. The van der Waals surface area contributed by atoms with Crippen LogP contribution in [0.15, 0.2) is 18.2 Å². The van der Waals surface area contributed by atoms with Crippen molar-refractivity contribution >= 4 is 0 Å². The molecule has 1 fully saturated rings. The maximum atomic E-state index is 6.42. The number of hydrogen-bond acceptors (Lipinski definition) is 3. The number of benzene rings is 1. The maximum absolute atomic E-state index is 6.42. The minimum Gasteiger partial charge on any atom is -0.376 e. The third-order valence-electron chi connectivity index (χ3n) is 4.44. The van der Waals surface area contributed by atoms with Crippen LogP contribution in [-0.4, -0.2) is 36.7 Å². The maximum Gasteiger partial charge on any atom is 0.0674 e. The monoisotopic (exact) mass is 276 g/mol. The van der Waals surface area contributed by atoms with Gasteiger partial charge in [-0.1, -0.05) is 25.1 Å². The normalized spacial score (nSPS) is 25.6. The topological polar surface area (TPSA) is 38.5 Å². The molecule has 0 radical (unpaired) electrons.